The van der Waals surface area contributed by atoms with Crippen LogP contribution in [0, 0.1) is 11.7 Å². The molecule has 1 heterocycles. The topological polar surface area (TPSA) is 39.2 Å². The number of thioether (sulfide) groups is 1. The van der Waals surface area contributed by atoms with Gasteiger partial charge in [0.2, 0.25) is 0 Å². The summed E-state index contributed by atoms with van der Waals surface area (Å²) in [6.07, 6.45) is 4.66. The minimum Gasteiger partial charge on any atom is -0.465 e. The molecule has 2 atom stereocenters. The van der Waals surface area contributed by atoms with Gasteiger partial charge in [0.25, 0.3) is 0 Å². The van der Waals surface area contributed by atoms with Crippen LogP contribution in [0.1, 0.15) is 46.5 Å². The van der Waals surface area contributed by atoms with Gasteiger partial charge in [0, 0.05) is 28.7 Å². The highest BCUT2D eigenvalue weighted by Crippen LogP contribution is 2.35. The van der Waals surface area contributed by atoms with Gasteiger partial charge >= 0.3 is 5.97 Å². The first-order chi connectivity index (χ1) is 10.5. The van der Waals surface area contributed by atoms with Crippen LogP contribution in [0.15, 0.2) is 17.2 Å². The Morgan fingerprint density at radius 3 is 2.77 bits per heavy atom. The molecule has 0 radical (unpaired) electrons. The van der Waals surface area contributed by atoms with Crippen LogP contribution in [0.25, 0.3) is 0 Å². The SMILES string of the molecule is CCCC(Sc1ccnc(Cl)c1F)C(CC)COC(=O)CC. The van der Waals surface area contributed by atoms with Crippen LogP contribution in [0.5, 0.6) is 0 Å². The molecule has 1 rings (SSSR count). The number of carbonyl (C=O) groups excluding carboxylic acids is 1. The van der Waals surface area contributed by atoms with Crippen LogP contribution in [-0.4, -0.2) is 22.8 Å². The monoisotopic (exact) mass is 347 g/mol. The molecule has 0 amide bonds. The fourth-order valence-corrected chi connectivity index (χ4v) is 3.82. The van der Waals surface area contributed by atoms with Crippen molar-refractivity contribution in [3.8, 4) is 0 Å². The highest BCUT2D eigenvalue weighted by Gasteiger charge is 2.24. The van der Waals surface area contributed by atoms with E-state index < -0.39 is 5.82 Å². The summed E-state index contributed by atoms with van der Waals surface area (Å²) in [6, 6.07) is 1.64. The van der Waals surface area contributed by atoms with E-state index in [1.807, 2.05) is 0 Å². The summed E-state index contributed by atoms with van der Waals surface area (Å²) in [7, 11) is 0. The fraction of sp³-hybridized carbons (Fsp3) is 0.625. The second-order valence-corrected chi connectivity index (χ2v) is 6.70. The zero-order valence-electron chi connectivity index (χ0n) is 13.3. The Hall–Kier alpha value is -0.810. The Balaban J connectivity index is 2.81. The summed E-state index contributed by atoms with van der Waals surface area (Å²) in [5.74, 6) is -0.487. The number of aromatic nitrogens is 1. The van der Waals surface area contributed by atoms with Crippen molar-refractivity contribution in [1.29, 1.82) is 0 Å². The van der Waals surface area contributed by atoms with E-state index in [0.717, 1.165) is 19.3 Å². The standard InChI is InChI=1S/C16H23ClFNO2S/c1-4-7-12(11(5-2)10-21-14(20)6-3)22-13-8-9-19-16(17)15(13)18/h8-9,11-12H,4-7,10H2,1-3H3. The third-order valence-electron chi connectivity index (χ3n) is 3.46. The van der Waals surface area contributed by atoms with E-state index in [-0.39, 0.29) is 22.3 Å². The number of nitrogens with zero attached hydrogens (tertiary/aromatic N) is 1. The Morgan fingerprint density at radius 1 is 1.45 bits per heavy atom. The summed E-state index contributed by atoms with van der Waals surface area (Å²) in [6.45, 7) is 6.30. The third kappa shape index (κ3) is 5.76. The van der Waals surface area contributed by atoms with Gasteiger partial charge in [-0.25, -0.2) is 9.37 Å². The van der Waals surface area contributed by atoms with Crippen molar-refractivity contribution in [3.05, 3.63) is 23.2 Å². The van der Waals surface area contributed by atoms with Crippen molar-refractivity contribution in [3.63, 3.8) is 0 Å². The van der Waals surface area contributed by atoms with Crippen LogP contribution in [0.3, 0.4) is 0 Å². The van der Waals surface area contributed by atoms with E-state index in [9.17, 15) is 9.18 Å². The first kappa shape index (κ1) is 19.2. The van der Waals surface area contributed by atoms with Gasteiger partial charge in [0.15, 0.2) is 11.0 Å². The highest BCUT2D eigenvalue weighted by atomic mass is 35.5. The number of esters is 1. The molecule has 0 aromatic carbocycles. The normalized spacial score (nSPS) is 13.7. The average molecular weight is 348 g/mol. The number of carbonyl (C=O) groups is 1. The van der Waals surface area contributed by atoms with E-state index in [1.54, 1.807) is 13.0 Å². The minimum absolute atomic E-state index is 0.106. The smallest absolute Gasteiger partial charge is 0.305 e. The predicted molar refractivity (Wildman–Crippen MR) is 88.8 cm³/mol. The van der Waals surface area contributed by atoms with Gasteiger partial charge in [0.1, 0.15) is 0 Å². The molecule has 0 saturated carbocycles. The molecular weight excluding hydrogens is 325 g/mol. The summed E-state index contributed by atoms with van der Waals surface area (Å²) in [5, 5.41) is 0.0679. The molecule has 6 heteroatoms. The first-order valence-corrected chi connectivity index (χ1v) is 8.91. The van der Waals surface area contributed by atoms with Crippen LogP contribution in [0.4, 0.5) is 4.39 Å². The molecule has 0 aliphatic carbocycles. The van der Waals surface area contributed by atoms with Crippen molar-refractivity contribution in [2.24, 2.45) is 5.92 Å². The summed E-state index contributed by atoms with van der Waals surface area (Å²) in [4.78, 5) is 15.6. The zero-order valence-corrected chi connectivity index (χ0v) is 14.8. The summed E-state index contributed by atoms with van der Waals surface area (Å²) in [5.41, 5.74) is 0. The van der Waals surface area contributed by atoms with E-state index in [1.165, 1.54) is 18.0 Å². The molecule has 2 unspecified atom stereocenters. The number of halogens is 2. The van der Waals surface area contributed by atoms with Gasteiger partial charge in [-0.1, -0.05) is 38.8 Å². The van der Waals surface area contributed by atoms with Crippen molar-refractivity contribution < 1.29 is 13.9 Å². The van der Waals surface area contributed by atoms with Crippen LogP contribution >= 0.6 is 23.4 Å². The molecule has 22 heavy (non-hydrogen) atoms. The van der Waals surface area contributed by atoms with Crippen LogP contribution in [0.2, 0.25) is 5.15 Å². The maximum atomic E-state index is 14.0. The van der Waals surface area contributed by atoms with E-state index in [4.69, 9.17) is 16.3 Å². The molecule has 0 spiro atoms. The molecule has 1 aromatic rings. The predicted octanol–water partition coefficient (Wildman–Crippen LogP) is 5.11. The first-order valence-electron chi connectivity index (χ1n) is 7.65. The summed E-state index contributed by atoms with van der Waals surface area (Å²) >= 11 is 7.20. The zero-order chi connectivity index (χ0) is 16.5. The molecule has 124 valence electrons. The van der Waals surface area contributed by atoms with Gasteiger partial charge in [-0.05, 0) is 18.9 Å². The average Bonchev–Trinajstić information content (AvgIpc) is 2.52. The molecule has 0 saturated heterocycles. The third-order valence-corrected chi connectivity index (χ3v) is 5.22. The van der Waals surface area contributed by atoms with Crippen LogP contribution < -0.4 is 0 Å². The number of hydrogen-bond acceptors (Lipinski definition) is 4. The number of pyridine rings is 1. The molecule has 1 aromatic heterocycles. The molecule has 3 nitrogen and oxygen atoms in total. The summed E-state index contributed by atoms with van der Waals surface area (Å²) < 4.78 is 19.3. The Bertz CT molecular complexity index is 487. The maximum absolute atomic E-state index is 14.0. The van der Waals surface area contributed by atoms with Crippen LogP contribution in [-0.2, 0) is 9.53 Å². The molecule has 0 aliphatic heterocycles. The van der Waals surface area contributed by atoms with Gasteiger partial charge in [-0.15, -0.1) is 11.8 Å². The number of rotatable bonds is 9. The lowest BCUT2D eigenvalue weighted by Gasteiger charge is -2.25. The molecule has 0 N–H and O–H groups in total. The maximum Gasteiger partial charge on any atom is 0.305 e. The Labute approximate surface area is 141 Å². The number of ether oxygens (including phenoxy) is 1. The lowest BCUT2D eigenvalue weighted by atomic mass is 10.00. The van der Waals surface area contributed by atoms with Gasteiger partial charge in [-0.3, -0.25) is 4.79 Å². The van der Waals surface area contributed by atoms with E-state index in [0.29, 0.717) is 17.9 Å². The second kappa shape index (κ2) is 10.1. The van der Waals surface area contributed by atoms with Gasteiger partial charge < -0.3 is 4.74 Å². The largest absolute Gasteiger partial charge is 0.465 e. The fourth-order valence-electron chi connectivity index (χ4n) is 2.12. The molecular formula is C16H23ClFNO2S. The molecule has 0 aliphatic rings. The lowest BCUT2D eigenvalue weighted by molar-refractivity contribution is -0.144. The van der Waals surface area contributed by atoms with Crippen molar-refractivity contribution in [1.82, 2.24) is 4.98 Å². The van der Waals surface area contributed by atoms with E-state index in [2.05, 4.69) is 18.8 Å². The van der Waals surface area contributed by atoms with Gasteiger partial charge in [0.05, 0.1) is 6.61 Å². The highest BCUT2D eigenvalue weighted by molar-refractivity contribution is 8.00. The quantitative estimate of drug-likeness (QED) is 0.353. The van der Waals surface area contributed by atoms with Crippen molar-refractivity contribution in [2.45, 2.75) is 56.6 Å². The Kier molecular flexibility index (Phi) is 8.79. The molecule has 0 bridgehead atoms. The van der Waals surface area contributed by atoms with Crippen molar-refractivity contribution >= 4 is 29.3 Å². The number of hydrogen-bond donors (Lipinski definition) is 0. The van der Waals surface area contributed by atoms with E-state index >= 15 is 0 Å². The minimum atomic E-state index is -0.476. The van der Waals surface area contributed by atoms with Gasteiger partial charge in [-0.2, -0.15) is 0 Å². The second-order valence-electron chi connectivity index (χ2n) is 5.06. The lowest BCUT2D eigenvalue weighted by Crippen LogP contribution is -2.23. The molecule has 0 fully saturated rings. The Morgan fingerprint density at radius 2 is 2.18 bits per heavy atom. The van der Waals surface area contributed by atoms with Crippen molar-refractivity contribution in [2.75, 3.05) is 6.61 Å².